The topological polar surface area (TPSA) is 77.4 Å². The largest absolute Gasteiger partial charge is 1.00 e. The second-order valence-electron chi connectivity index (χ2n) is 1.01. The molecule has 0 aliphatic heterocycles. The summed E-state index contributed by atoms with van der Waals surface area (Å²) in [6, 6.07) is 0. The first-order valence-electron chi connectivity index (χ1n) is 1.84. The number of carbonyl (C=O) groups excluding carboxylic acids is 1. The standard InChI is InChI=1S/2C2H4O2.K/c2*1-2(3)4;/h2*1H3,(H,3,4);/q;;+1/p-1. The molecule has 48 valence electrons. The van der Waals surface area contributed by atoms with E-state index in [4.69, 9.17) is 19.8 Å². The van der Waals surface area contributed by atoms with E-state index in [-0.39, 0.29) is 51.4 Å². The number of carboxylic acids is 2. The number of aliphatic carboxylic acids is 2. The van der Waals surface area contributed by atoms with Gasteiger partial charge >= 0.3 is 51.4 Å². The Hall–Kier alpha value is 0.576. The average Bonchev–Trinajstić information content (AvgIpc) is 1.25. The van der Waals surface area contributed by atoms with E-state index in [0.717, 1.165) is 13.8 Å². The monoisotopic (exact) mass is 158 g/mol. The summed E-state index contributed by atoms with van der Waals surface area (Å²) in [7, 11) is 0. The summed E-state index contributed by atoms with van der Waals surface area (Å²) in [4.78, 5) is 17.9. The van der Waals surface area contributed by atoms with Crippen LogP contribution in [0.2, 0.25) is 0 Å². The van der Waals surface area contributed by atoms with Gasteiger partial charge in [-0.1, -0.05) is 0 Å². The van der Waals surface area contributed by atoms with Crippen molar-refractivity contribution < 1.29 is 71.2 Å². The maximum Gasteiger partial charge on any atom is 1.00 e. The zero-order valence-electron chi connectivity index (χ0n) is 5.67. The summed E-state index contributed by atoms with van der Waals surface area (Å²) in [6.45, 7) is 2.06. The Balaban J connectivity index is -0.0000000720. The number of hydrogen-bond acceptors (Lipinski definition) is 3. The third kappa shape index (κ3) is 1120. The van der Waals surface area contributed by atoms with E-state index in [1.165, 1.54) is 0 Å². The molecule has 5 heteroatoms. The van der Waals surface area contributed by atoms with E-state index in [0.29, 0.717) is 0 Å². The minimum absolute atomic E-state index is 0. The van der Waals surface area contributed by atoms with Gasteiger partial charge in [0.05, 0.1) is 0 Å². The molecule has 0 unspecified atom stereocenters. The van der Waals surface area contributed by atoms with E-state index in [9.17, 15) is 0 Å². The first-order valence-corrected chi connectivity index (χ1v) is 1.84. The first kappa shape index (κ1) is 16.3. The normalized spacial score (nSPS) is 5.56. The summed E-state index contributed by atoms with van der Waals surface area (Å²) in [5.41, 5.74) is 0. The number of hydrogen-bond donors (Lipinski definition) is 1. The zero-order chi connectivity index (χ0) is 7.15. The maximum atomic E-state index is 9.00. The summed E-state index contributed by atoms with van der Waals surface area (Å²) in [5.74, 6) is -1.92. The molecule has 0 amide bonds. The van der Waals surface area contributed by atoms with E-state index in [2.05, 4.69) is 0 Å². The van der Waals surface area contributed by atoms with Gasteiger partial charge < -0.3 is 15.0 Å². The fraction of sp³-hybridized carbons (Fsp3) is 0.500. The van der Waals surface area contributed by atoms with Crippen LogP contribution in [0.3, 0.4) is 0 Å². The second kappa shape index (κ2) is 11.4. The second-order valence-corrected chi connectivity index (χ2v) is 1.01. The van der Waals surface area contributed by atoms with Crippen LogP contribution in [0.25, 0.3) is 0 Å². The summed E-state index contributed by atoms with van der Waals surface area (Å²) in [6.07, 6.45) is 0. The van der Waals surface area contributed by atoms with Gasteiger partial charge in [0.2, 0.25) is 0 Å². The molecule has 0 saturated heterocycles. The van der Waals surface area contributed by atoms with Gasteiger partial charge in [-0.05, 0) is 6.92 Å². The molecule has 0 aliphatic rings. The molecule has 4 nitrogen and oxygen atoms in total. The summed E-state index contributed by atoms with van der Waals surface area (Å²) in [5, 5.41) is 16.3. The molecule has 0 fully saturated rings. The van der Waals surface area contributed by atoms with Crippen LogP contribution in [0, 0.1) is 0 Å². The number of rotatable bonds is 0. The molecule has 0 rings (SSSR count). The van der Waals surface area contributed by atoms with Crippen LogP contribution in [0.4, 0.5) is 0 Å². The van der Waals surface area contributed by atoms with Crippen LogP contribution in [0.15, 0.2) is 0 Å². The first-order chi connectivity index (χ1) is 3.46. The molecular weight excluding hydrogens is 151 g/mol. The van der Waals surface area contributed by atoms with Crippen LogP contribution in [0.1, 0.15) is 13.8 Å². The zero-order valence-corrected chi connectivity index (χ0v) is 8.80. The van der Waals surface area contributed by atoms with E-state index < -0.39 is 11.9 Å². The molecule has 0 spiro atoms. The van der Waals surface area contributed by atoms with Gasteiger partial charge in [-0.15, -0.1) is 0 Å². The smallest absolute Gasteiger partial charge is 0.550 e. The summed E-state index contributed by atoms with van der Waals surface area (Å²) >= 11 is 0. The molecule has 9 heavy (non-hydrogen) atoms. The van der Waals surface area contributed by atoms with Crippen molar-refractivity contribution in [3.05, 3.63) is 0 Å². The van der Waals surface area contributed by atoms with Crippen molar-refractivity contribution in [3.8, 4) is 0 Å². The predicted molar refractivity (Wildman–Crippen MR) is 24.0 cm³/mol. The van der Waals surface area contributed by atoms with Crippen LogP contribution >= 0.6 is 0 Å². The molecule has 0 atom stereocenters. The molecule has 0 heterocycles. The van der Waals surface area contributed by atoms with Crippen LogP contribution in [0.5, 0.6) is 0 Å². The van der Waals surface area contributed by atoms with Gasteiger partial charge in [-0.2, -0.15) is 0 Å². The molecule has 0 aromatic rings. The van der Waals surface area contributed by atoms with Gasteiger partial charge in [-0.3, -0.25) is 4.79 Å². The Morgan fingerprint density at radius 1 is 1.33 bits per heavy atom. The molecule has 0 aromatic carbocycles. The third-order valence-corrected chi connectivity index (χ3v) is 0. The summed E-state index contributed by atoms with van der Waals surface area (Å²) < 4.78 is 0. The Morgan fingerprint density at radius 3 is 1.33 bits per heavy atom. The Bertz CT molecular complexity index is 70.6. The van der Waals surface area contributed by atoms with E-state index in [1.54, 1.807) is 0 Å². The average molecular weight is 158 g/mol. The van der Waals surface area contributed by atoms with Crippen LogP contribution in [-0.4, -0.2) is 17.0 Å². The maximum absolute atomic E-state index is 9.00. The molecule has 0 aliphatic carbocycles. The van der Waals surface area contributed by atoms with Crippen molar-refractivity contribution in [2.24, 2.45) is 0 Å². The molecule has 0 bridgehead atoms. The van der Waals surface area contributed by atoms with Crippen LogP contribution in [-0.2, 0) is 9.59 Å². The van der Waals surface area contributed by atoms with Crippen molar-refractivity contribution >= 4 is 11.9 Å². The Kier molecular flexibility index (Phi) is 20.6. The molecule has 0 radical (unpaired) electrons. The SMILES string of the molecule is CC(=O)O.CC(=O)[O-].[K+]. The quantitative estimate of drug-likeness (QED) is 0.363. The van der Waals surface area contributed by atoms with Gasteiger partial charge in [0.15, 0.2) is 0 Å². The Morgan fingerprint density at radius 2 is 1.33 bits per heavy atom. The predicted octanol–water partition coefficient (Wildman–Crippen LogP) is -4.15. The van der Waals surface area contributed by atoms with Gasteiger partial charge in [0.1, 0.15) is 0 Å². The minimum Gasteiger partial charge on any atom is -0.550 e. The van der Waals surface area contributed by atoms with Crippen LogP contribution < -0.4 is 56.5 Å². The van der Waals surface area contributed by atoms with Gasteiger partial charge in [0, 0.05) is 12.9 Å². The number of carbonyl (C=O) groups is 2. The molecule has 1 N–H and O–H groups in total. The molecular formula is C4H7KO4. The molecule has 0 aromatic heterocycles. The Labute approximate surface area is 95.7 Å². The van der Waals surface area contributed by atoms with E-state index in [1.807, 2.05) is 0 Å². The van der Waals surface area contributed by atoms with E-state index >= 15 is 0 Å². The molecule has 0 saturated carbocycles. The van der Waals surface area contributed by atoms with Crippen molar-refractivity contribution in [1.29, 1.82) is 0 Å². The fourth-order valence-corrected chi connectivity index (χ4v) is 0. The van der Waals surface area contributed by atoms with Gasteiger partial charge in [0.25, 0.3) is 5.97 Å². The fourth-order valence-electron chi connectivity index (χ4n) is 0. The van der Waals surface area contributed by atoms with Crippen molar-refractivity contribution in [2.75, 3.05) is 0 Å². The van der Waals surface area contributed by atoms with Crippen molar-refractivity contribution in [2.45, 2.75) is 13.8 Å². The van der Waals surface area contributed by atoms with Gasteiger partial charge in [-0.25, -0.2) is 0 Å². The number of carboxylic acid groups (broad SMARTS) is 2. The van der Waals surface area contributed by atoms with Crippen molar-refractivity contribution in [3.63, 3.8) is 0 Å². The third-order valence-electron chi connectivity index (χ3n) is 0. The van der Waals surface area contributed by atoms with Crippen molar-refractivity contribution in [1.82, 2.24) is 0 Å². The minimum atomic E-state index is -1.08.